The van der Waals surface area contributed by atoms with E-state index in [0.29, 0.717) is 22.6 Å². The molecule has 0 unspecified atom stereocenters. The summed E-state index contributed by atoms with van der Waals surface area (Å²) in [6, 6.07) is 23.2. The number of methoxy groups -OCH3 is 2. The zero-order chi connectivity index (χ0) is 23.9. The Morgan fingerprint density at radius 2 is 1.12 bits per heavy atom. The molecule has 4 heteroatoms. The summed E-state index contributed by atoms with van der Waals surface area (Å²) in [6.07, 6.45) is 9.66. The Morgan fingerprint density at radius 3 is 1.71 bits per heavy atom. The quantitative estimate of drug-likeness (QED) is 0.219. The number of carbonyl (C=O) groups is 2. The first-order valence-corrected chi connectivity index (χ1v) is 10.8. The topological polar surface area (TPSA) is 52.6 Å². The van der Waals surface area contributed by atoms with Crippen LogP contribution < -0.4 is 9.47 Å². The van der Waals surface area contributed by atoms with E-state index in [1.165, 1.54) is 0 Å². The number of ether oxygens (including phenoxy) is 2. The number of fused-ring (bicyclic) bond motifs is 1. The number of rotatable bonds is 8. The molecule has 0 saturated heterocycles. The smallest absolute Gasteiger partial charge is 0.150 e. The largest absolute Gasteiger partial charge is 0.496 e. The van der Waals surface area contributed by atoms with Gasteiger partial charge in [0.1, 0.15) is 24.1 Å². The lowest BCUT2D eigenvalue weighted by atomic mass is 9.99. The van der Waals surface area contributed by atoms with E-state index in [1.54, 1.807) is 38.5 Å². The second-order valence-corrected chi connectivity index (χ2v) is 7.74. The molecule has 0 radical (unpaired) electrons. The van der Waals surface area contributed by atoms with Crippen molar-refractivity contribution in [3.63, 3.8) is 0 Å². The molecule has 0 atom stereocenters. The lowest BCUT2D eigenvalue weighted by molar-refractivity contribution is 0.111. The van der Waals surface area contributed by atoms with E-state index in [9.17, 15) is 9.59 Å². The molecule has 4 aromatic carbocycles. The zero-order valence-electron chi connectivity index (χ0n) is 19.0. The van der Waals surface area contributed by atoms with Crippen LogP contribution in [-0.4, -0.2) is 26.8 Å². The Balaban J connectivity index is 1.73. The summed E-state index contributed by atoms with van der Waals surface area (Å²) >= 11 is 0. The number of hydrogen-bond acceptors (Lipinski definition) is 4. The molecule has 0 aliphatic carbocycles. The summed E-state index contributed by atoms with van der Waals surface area (Å²) in [5.41, 5.74) is 5.01. The van der Waals surface area contributed by atoms with E-state index < -0.39 is 0 Å². The van der Waals surface area contributed by atoms with Gasteiger partial charge in [-0.1, -0.05) is 72.8 Å². The molecule has 0 aromatic heterocycles. The SMILES string of the molecule is COc1cc(C=O)ccc1C=Cc1cc(C=Cc2ccc(C=O)cc2OC)c2ccccc2c1. The van der Waals surface area contributed by atoms with E-state index >= 15 is 0 Å². The van der Waals surface area contributed by atoms with Gasteiger partial charge in [0.15, 0.2) is 0 Å². The molecular weight excluding hydrogens is 424 g/mol. The van der Waals surface area contributed by atoms with Crippen LogP contribution >= 0.6 is 0 Å². The predicted octanol–water partition coefficient (Wildman–Crippen LogP) is 6.82. The van der Waals surface area contributed by atoms with Crippen molar-refractivity contribution in [2.75, 3.05) is 14.2 Å². The molecular formula is C30H24O4. The third kappa shape index (κ3) is 4.97. The number of aldehydes is 2. The first-order chi connectivity index (χ1) is 16.6. The highest BCUT2D eigenvalue weighted by Gasteiger charge is 2.05. The fourth-order valence-electron chi connectivity index (χ4n) is 3.84. The molecule has 0 aliphatic rings. The first kappa shape index (κ1) is 22.7. The Kier molecular flexibility index (Phi) is 6.99. The van der Waals surface area contributed by atoms with Gasteiger partial charge in [0, 0.05) is 22.3 Å². The van der Waals surface area contributed by atoms with Gasteiger partial charge in [-0.15, -0.1) is 0 Å². The van der Waals surface area contributed by atoms with Gasteiger partial charge in [-0.25, -0.2) is 0 Å². The summed E-state index contributed by atoms with van der Waals surface area (Å²) in [5.74, 6) is 1.29. The highest BCUT2D eigenvalue weighted by Crippen LogP contribution is 2.28. The van der Waals surface area contributed by atoms with Gasteiger partial charge in [-0.2, -0.15) is 0 Å². The minimum absolute atomic E-state index is 0.572. The van der Waals surface area contributed by atoms with Gasteiger partial charge in [0.25, 0.3) is 0 Å². The summed E-state index contributed by atoms with van der Waals surface area (Å²) in [6.45, 7) is 0. The maximum Gasteiger partial charge on any atom is 0.150 e. The number of benzene rings is 4. The van der Waals surface area contributed by atoms with Gasteiger partial charge >= 0.3 is 0 Å². The van der Waals surface area contributed by atoms with Crippen molar-refractivity contribution in [1.29, 1.82) is 0 Å². The van der Waals surface area contributed by atoms with Crippen molar-refractivity contribution in [2.45, 2.75) is 0 Å². The van der Waals surface area contributed by atoms with Crippen LogP contribution in [0.1, 0.15) is 43.0 Å². The molecule has 34 heavy (non-hydrogen) atoms. The molecule has 4 aromatic rings. The minimum atomic E-state index is 0.572. The Morgan fingerprint density at radius 1 is 0.559 bits per heavy atom. The number of carbonyl (C=O) groups excluding carboxylic acids is 2. The van der Waals surface area contributed by atoms with Crippen molar-refractivity contribution in [2.24, 2.45) is 0 Å². The van der Waals surface area contributed by atoms with Crippen LogP contribution in [0, 0.1) is 0 Å². The van der Waals surface area contributed by atoms with E-state index in [-0.39, 0.29) is 0 Å². The lowest BCUT2D eigenvalue weighted by Crippen LogP contribution is -1.90. The molecule has 0 amide bonds. The highest BCUT2D eigenvalue weighted by molar-refractivity contribution is 5.95. The number of hydrogen-bond donors (Lipinski definition) is 0. The minimum Gasteiger partial charge on any atom is -0.496 e. The average molecular weight is 449 g/mol. The van der Waals surface area contributed by atoms with E-state index in [2.05, 4.69) is 30.3 Å². The lowest BCUT2D eigenvalue weighted by Gasteiger charge is -2.08. The standard InChI is InChI=1S/C30H24O4/c1-33-29-17-22(19-31)8-11-24(29)10-7-21-15-26-5-3-4-6-28(26)27(16-21)14-13-25-12-9-23(20-32)18-30(25)34-2/h3-20H,1-2H3. The second-order valence-electron chi connectivity index (χ2n) is 7.74. The van der Waals surface area contributed by atoms with Crippen LogP contribution in [0.15, 0.2) is 72.8 Å². The molecule has 168 valence electrons. The Labute approximate surface area is 198 Å². The van der Waals surface area contributed by atoms with Crippen LogP contribution in [0.4, 0.5) is 0 Å². The van der Waals surface area contributed by atoms with Crippen LogP contribution in [0.5, 0.6) is 11.5 Å². The van der Waals surface area contributed by atoms with E-state index in [1.807, 2.05) is 42.5 Å². The highest BCUT2D eigenvalue weighted by atomic mass is 16.5. The summed E-state index contributed by atoms with van der Waals surface area (Å²) in [7, 11) is 3.19. The normalized spacial score (nSPS) is 11.2. The molecule has 4 rings (SSSR count). The van der Waals surface area contributed by atoms with Gasteiger partial charge in [0.05, 0.1) is 14.2 Å². The van der Waals surface area contributed by atoms with Crippen molar-refractivity contribution in [3.05, 3.63) is 106 Å². The molecule has 0 saturated carbocycles. The van der Waals surface area contributed by atoms with Gasteiger partial charge < -0.3 is 9.47 Å². The summed E-state index contributed by atoms with van der Waals surface area (Å²) in [4.78, 5) is 22.1. The van der Waals surface area contributed by atoms with Crippen LogP contribution in [0.25, 0.3) is 35.1 Å². The van der Waals surface area contributed by atoms with Crippen molar-refractivity contribution in [3.8, 4) is 11.5 Å². The average Bonchev–Trinajstić information content (AvgIpc) is 2.90. The molecule has 0 aliphatic heterocycles. The summed E-state index contributed by atoms with van der Waals surface area (Å²) in [5, 5.41) is 2.25. The molecule has 0 heterocycles. The van der Waals surface area contributed by atoms with Gasteiger partial charge in [0.2, 0.25) is 0 Å². The van der Waals surface area contributed by atoms with Crippen molar-refractivity contribution < 1.29 is 19.1 Å². The third-order valence-electron chi connectivity index (χ3n) is 5.60. The van der Waals surface area contributed by atoms with E-state index in [4.69, 9.17) is 9.47 Å². The fraction of sp³-hybridized carbons (Fsp3) is 0.0667. The molecule has 0 fully saturated rings. The zero-order valence-corrected chi connectivity index (χ0v) is 19.0. The third-order valence-corrected chi connectivity index (χ3v) is 5.60. The molecule has 0 N–H and O–H groups in total. The van der Waals surface area contributed by atoms with Gasteiger partial charge in [-0.3, -0.25) is 9.59 Å². The maximum atomic E-state index is 11.1. The van der Waals surface area contributed by atoms with Gasteiger partial charge in [-0.05, 0) is 46.2 Å². The molecule has 0 bridgehead atoms. The predicted molar refractivity (Wildman–Crippen MR) is 139 cm³/mol. The maximum absolute atomic E-state index is 11.1. The van der Waals surface area contributed by atoms with E-state index in [0.717, 1.165) is 45.6 Å². The first-order valence-electron chi connectivity index (χ1n) is 10.8. The van der Waals surface area contributed by atoms with Crippen LogP contribution in [0.2, 0.25) is 0 Å². The molecule has 4 nitrogen and oxygen atoms in total. The van der Waals surface area contributed by atoms with Crippen LogP contribution in [0.3, 0.4) is 0 Å². The Hall–Kier alpha value is -4.44. The van der Waals surface area contributed by atoms with Crippen LogP contribution in [-0.2, 0) is 0 Å². The fourth-order valence-corrected chi connectivity index (χ4v) is 3.84. The van der Waals surface area contributed by atoms with Crippen molar-refractivity contribution in [1.82, 2.24) is 0 Å². The Bertz CT molecular complexity index is 1410. The molecule has 0 spiro atoms. The monoisotopic (exact) mass is 448 g/mol. The van der Waals surface area contributed by atoms with Crippen molar-refractivity contribution >= 4 is 47.6 Å². The summed E-state index contributed by atoms with van der Waals surface area (Å²) < 4.78 is 10.9. The second kappa shape index (κ2) is 10.5.